The third-order valence-corrected chi connectivity index (χ3v) is 14.1. The summed E-state index contributed by atoms with van der Waals surface area (Å²) in [4.78, 5) is 31.9. The van der Waals surface area contributed by atoms with Crippen LogP contribution in [0.15, 0.2) is 89.8 Å². The Hall–Kier alpha value is -4.16. The van der Waals surface area contributed by atoms with Gasteiger partial charge in [0.2, 0.25) is 15.9 Å². The standard InChI is InChI=1S/C45H53ClN4O6S/c1-45(2,3)56-44(52)47-36-26-37-18-19-38(27-36)50(37)43(51)42-29-48(28-30-8-10-31(11-9-30)32-12-16-35(46)17-13-32)22-23-49(42)57(53,54)41-21-15-33-24-40(20-14-34(33)25-41)55-39-6-4-5-7-39/h8-17,20-21,24-25,36-39,42H,4-7,18-19,22-23,26-29H2,1-3H3,(H,47,52)/t36?,37?,38?,42-/m1/s1. The Morgan fingerprint density at radius 1 is 0.807 bits per heavy atom. The van der Waals surface area contributed by atoms with Crippen LogP contribution in [0.5, 0.6) is 5.75 Å². The van der Waals surface area contributed by atoms with Crippen LogP contribution in [0.2, 0.25) is 5.02 Å². The summed E-state index contributed by atoms with van der Waals surface area (Å²) < 4.78 is 42.6. The molecule has 4 aromatic rings. The molecular weight excluding hydrogens is 760 g/mol. The third-order valence-electron chi connectivity index (χ3n) is 11.9. The number of benzene rings is 4. The molecule has 0 spiro atoms. The average molecular weight is 813 g/mol. The first-order valence-corrected chi connectivity index (χ1v) is 22.2. The van der Waals surface area contributed by atoms with Gasteiger partial charge in [-0.15, -0.1) is 0 Å². The van der Waals surface area contributed by atoms with Crippen LogP contribution in [-0.2, 0) is 26.1 Å². The minimum atomic E-state index is -4.06. The molecule has 3 aliphatic heterocycles. The predicted molar refractivity (Wildman–Crippen MR) is 223 cm³/mol. The molecule has 2 amide bonds. The van der Waals surface area contributed by atoms with Crippen molar-refractivity contribution in [2.24, 2.45) is 0 Å². The molecule has 57 heavy (non-hydrogen) atoms. The number of hydrogen-bond donors (Lipinski definition) is 1. The fourth-order valence-corrected chi connectivity index (χ4v) is 11.0. The van der Waals surface area contributed by atoms with E-state index in [2.05, 4.69) is 34.5 Å². The molecule has 2 bridgehead atoms. The summed E-state index contributed by atoms with van der Waals surface area (Å²) in [6.45, 7) is 7.01. The second kappa shape index (κ2) is 16.2. The fourth-order valence-electron chi connectivity index (χ4n) is 9.23. The number of fused-ring (bicyclic) bond motifs is 3. The zero-order valence-electron chi connectivity index (χ0n) is 33.0. The first-order chi connectivity index (χ1) is 27.3. The number of halogens is 1. The highest BCUT2D eigenvalue weighted by Gasteiger charge is 2.49. The van der Waals surface area contributed by atoms with Crippen LogP contribution in [0.3, 0.4) is 0 Å². The Morgan fingerprint density at radius 3 is 2.11 bits per heavy atom. The molecule has 1 saturated carbocycles. The molecule has 4 fully saturated rings. The topological polar surface area (TPSA) is 108 Å². The molecular formula is C45H53ClN4O6S. The SMILES string of the molecule is CC(C)(C)OC(=O)NC1CC2CCC(C1)N2C(=O)[C@H]1CN(Cc2ccc(-c3ccc(Cl)cc3)cc2)CCN1S(=O)(=O)c1ccc2cc(OC3CCCC3)ccc2c1. The van der Waals surface area contributed by atoms with Gasteiger partial charge in [-0.05, 0) is 136 Å². The molecule has 3 atom stereocenters. The number of nitrogens with zero attached hydrogens (tertiary/aromatic N) is 3. The summed E-state index contributed by atoms with van der Waals surface area (Å²) in [5.41, 5.74) is 2.61. The number of sulfonamides is 1. The summed E-state index contributed by atoms with van der Waals surface area (Å²) in [5, 5.41) is 5.43. The van der Waals surface area contributed by atoms with Crippen LogP contribution in [-0.4, -0.2) is 90.0 Å². The van der Waals surface area contributed by atoms with Gasteiger partial charge in [-0.25, -0.2) is 13.2 Å². The van der Waals surface area contributed by atoms with Crippen LogP contribution in [0, 0.1) is 0 Å². The molecule has 1 aliphatic carbocycles. The van der Waals surface area contributed by atoms with Gasteiger partial charge in [0.25, 0.3) is 0 Å². The number of alkyl carbamates (subject to hydrolysis) is 1. The van der Waals surface area contributed by atoms with Gasteiger partial charge in [0.15, 0.2) is 0 Å². The number of piperidine rings is 1. The molecule has 302 valence electrons. The number of nitrogens with one attached hydrogen (secondary N) is 1. The van der Waals surface area contributed by atoms with Gasteiger partial charge in [0.1, 0.15) is 17.4 Å². The van der Waals surface area contributed by atoms with Crippen molar-refractivity contribution in [2.45, 2.75) is 119 Å². The van der Waals surface area contributed by atoms with E-state index in [0.29, 0.717) is 31.0 Å². The van der Waals surface area contributed by atoms with E-state index in [4.69, 9.17) is 21.1 Å². The Bertz CT molecular complexity index is 2190. The first kappa shape index (κ1) is 39.7. The molecule has 0 radical (unpaired) electrons. The van der Waals surface area contributed by atoms with Crippen molar-refractivity contribution in [3.05, 3.63) is 95.5 Å². The van der Waals surface area contributed by atoms with Crippen molar-refractivity contribution in [2.75, 3.05) is 19.6 Å². The molecule has 12 heteroatoms. The van der Waals surface area contributed by atoms with E-state index in [1.807, 2.05) is 74.2 Å². The van der Waals surface area contributed by atoms with Gasteiger partial charge in [-0.3, -0.25) is 9.69 Å². The van der Waals surface area contributed by atoms with E-state index in [9.17, 15) is 18.0 Å². The summed E-state index contributed by atoms with van der Waals surface area (Å²) in [7, 11) is -4.06. The monoisotopic (exact) mass is 812 g/mol. The van der Waals surface area contributed by atoms with Crippen molar-refractivity contribution in [3.8, 4) is 16.9 Å². The number of hydrogen-bond acceptors (Lipinski definition) is 7. The Labute approximate surface area is 341 Å². The predicted octanol–water partition coefficient (Wildman–Crippen LogP) is 8.40. The summed E-state index contributed by atoms with van der Waals surface area (Å²) in [6, 6.07) is 25.9. The van der Waals surface area contributed by atoms with E-state index in [-0.39, 0.29) is 48.1 Å². The second-order valence-electron chi connectivity index (χ2n) is 17.2. The van der Waals surface area contributed by atoms with Gasteiger partial charge in [0, 0.05) is 49.3 Å². The van der Waals surface area contributed by atoms with E-state index in [1.54, 1.807) is 12.1 Å². The lowest BCUT2D eigenvalue weighted by Crippen LogP contribution is -2.63. The maximum atomic E-state index is 14.9. The van der Waals surface area contributed by atoms with Crippen LogP contribution >= 0.6 is 11.6 Å². The number of amides is 2. The fraction of sp³-hybridized carbons (Fsp3) is 0.467. The maximum Gasteiger partial charge on any atom is 0.407 e. The Morgan fingerprint density at radius 2 is 1.44 bits per heavy atom. The van der Waals surface area contributed by atoms with E-state index < -0.39 is 27.8 Å². The maximum absolute atomic E-state index is 14.9. The average Bonchev–Trinajstić information content (AvgIpc) is 3.79. The normalized spacial score (nSPS) is 23.5. The minimum Gasteiger partial charge on any atom is -0.490 e. The quantitative estimate of drug-likeness (QED) is 0.181. The molecule has 10 nitrogen and oxygen atoms in total. The third kappa shape index (κ3) is 8.97. The van der Waals surface area contributed by atoms with E-state index in [0.717, 1.165) is 58.9 Å². The van der Waals surface area contributed by atoms with Crippen LogP contribution < -0.4 is 10.1 Å². The lowest BCUT2D eigenvalue weighted by molar-refractivity contribution is -0.142. The molecule has 0 aromatic heterocycles. The molecule has 4 aromatic carbocycles. The Balaban J connectivity index is 1.03. The van der Waals surface area contributed by atoms with Gasteiger partial charge >= 0.3 is 6.09 Å². The molecule has 3 heterocycles. The zero-order chi connectivity index (χ0) is 39.9. The van der Waals surface area contributed by atoms with Crippen molar-refractivity contribution < 1.29 is 27.5 Å². The highest BCUT2D eigenvalue weighted by Crippen LogP contribution is 2.38. The second-order valence-corrected chi connectivity index (χ2v) is 19.5. The lowest BCUT2D eigenvalue weighted by Gasteiger charge is -2.45. The number of carbonyl (C=O) groups excluding carboxylic acids is 2. The van der Waals surface area contributed by atoms with Crippen LogP contribution in [0.4, 0.5) is 4.79 Å². The molecule has 2 unspecified atom stereocenters. The summed E-state index contributed by atoms with van der Waals surface area (Å²) in [5.74, 6) is 0.630. The van der Waals surface area contributed by atoms with E-state index >= 15 is 0 Å². The number of rotatable bonds is 9. The first-order valence-electron chi connectivity index (χ1n) is 20.4. The van der Waals surface area contributed by atoms with E-state index in [1.165, 1.54) is 17.1 Å². The summed E-state index contributed by atoms with van der Waals surface area (Å²) >= 11 is 6.11. The van der Waals surface area contributed by atoms with Crippen LogP contribution in [0.25, 0.3) is 21.9 Å². The molecule has 3 saturated heterocycles. The van der Waals surface area contributed by atoms with Crippen LogP contribution in [0.1, 0.15) is 77.7 Å². The van der Waals surface area contributed by atoms with Crippen molar-refractivity contribution in [3.63, 3.8) is 0 Å². The highest BCUT2D eigenvalue weighted by molar-refractivity contribution is 7.89. The number of carbonyl (C=O) groups is 2. The minimum absolute atomic E-state index is 0.0992. The zero-order valence-corrected chi connectivity index (χ0v) is 34.6. The lowest BCUT2D eigenvalue weighted by atomic mass is 9.96. The van der Waals surface area contributed by atoms with Gasteiger partial charge in [-0.1, -0.05) is 60.1 Å². The van der Waals surface area contributed by atoms with Gasteiger partial charge in [0.05, 0.1) is 11.0 Å². The Kier molecular flexibility index (Phi) is 11.3. The van der Waals surface area contributed by atoms with Crippen molar-refractivity contribution in [1.29, 1.82) is 0 Å². The van der Waals surface area contributed by atoms with Crippen molar-refractivity contribution in [1.82, 2.24) is 19.4 Å². The number of ether oxygens (including phenoxy) is 2. The molecule has 4 aliphatic rings. The molecule has 8 rings (SSSR count). The van der Waals surface area contributed by atoms with Crippen molar-refractivity contribution >= 4 is 44.4 Å². The van der Waals surface area contributed by atoms with Gasteiger partial charge in [-0.2, -0.15) is 4.31 Å². The molecule has 1 N–H and O–H groups in total. The summed E-state index contributed by atoms with van der Waals surface area (Å²) in [6.07, 6.45) is 7.06. The number of piperazine rings is 1. The largest absolute Gasteiger partial charge is 0.490 e. The highest BCUT2D eigenvalue weighted by atomic mass is 35.5. The van der Waals surface area contributed by atoms with Gasteiger partial charge < -0.3 is 19.7 Å². The smallest absolute Gasteiger partial charge is 0.407 e.